The number of carbonyl (C=O) groups is 3. The van der Waals surface area contributed by atoms with Gasteiger partial charge in [-0.05, 0) is 40.0 Å². The predicted octanol–water partition coefficient (Wildman–Crippen LogP) is 4.51. The zero-order valence-electron chi connectivity index (χ0n) is 20.6. The Labute approximate surface area is 206 Å². The number of nitrogens with zero attached hydrogens (tertiary/aromatic N) is 1. The summed E-state index contributed by atoms with van der Waals surface area (Å²) < 4.78 is 5.67. The van der Waals surface area contributed by atoms with E-state index in [1.807, 2.05) is 45.0 Å². The van der Waals surface area contributed by atoms with Crippen molar-refractivity contribution in [3.63, 3.8) is 0 Å². The van der Waals surface area contributed by atoms with Crippen LogP contribution in [0, 0.1) is 17.8 Å². The molecule has 7 nitrogen and oxygen atoms in total. The number of benzene rings is 2. The first kappa shape index (κ1) is 24.8. The Morgan fingerprint density at radius 3 is 2.20 bits per heavy atom. The maximum atomic E-state index is 12.9. The smallest absolute Gasteiger partial charge is 0.407 e. The molecular formula is C28H34N2O5. The molecule has 2 N–H and O–H groups in total. The second-order valence-electron chi connectivity index (χ2n) is 10.2. The summed E-state index contributed by atoms with van der Waals surface area (Å²) in [7, 11) is 0. The number of carbonyl (C=O) groups excluding carboxylic acids is 2. The molecule has 3 unspecified atom stereocenters. The van der Waals surface area contributed by atoms with Crippen molar-refractivity contribution in [2.45, 2.75) is 45.6 Å². The van der Waals surface area contributed by atoms with E-state index in [-0.39, 0.29) is 55.1 Å². The normalized spacial score (nSPS) is 19.8. The Hall–Kier alpha value is -3.35. The van der Waals surface area contributed by atoms with Crippen molar-refractivity contribution in [3.8, 4) is 11.1 Å². The SMILES string of the molecule is CC(C)C(CC(=O)N1CC(C)C(CC(=O)O)C1)NC(=O)OCC1c2ccccc2-c2ccccc21. The summed E-state index contributed by atoms with van der Waals surface area (Å²) in [6.07, 6.45) is -0.304. The van der Waals surface area contributed by atoms with E-state index in [1.54, 1.807) is 4.90 Å². The molecule has 0 bridgehead atoms. The Morgan fingerprint density at radius 2 is 1.63 bits per heavy atom. The number of ether oxygens (including phenoxy) is 1. The van der Waals surface area contributed by atoms with E-state index >= 15 is 0 Å². The fraction of sp³-hybridized carbons (Fsp3) is 0.464. The molecule has 0 radical (unpaired) electrons. The molecule has 0 saturated carbocycles. The van der Waals surface area contributed by atoms with Crippen LogP contribution >= 0.6 is 0 Å². The van der Waals surface area contributed by atoms with Gasteiger partial charge in [0.05, 0.1) is 6.42 Å². The average molecular weight is 479 g/mol. The number of alkyl carbamates (subject to hydrolysis) is 1. The number of carboxylic acid groups (broad SMARTS) is 1. The van der Waals surface area contributed by atoms with Crippen molar-refractivity contribution in [2.75, 3.05) is 19.7 Å². The fourth-order valence-electron chi connectivity index (χ4n) is 5.29. The molecule has 1 saturated heterocycles. The molecular weight excluding hydrogens is 444 g/mol. The van der Waals surface area contributed by atoms with Gasteiger partial charge < -0.3 is 20.1 Å². The lowest BCUT2D eigenvalue weighted by atomic mass is 9.95. The summed E-state index contributed by atoms with van der Waals surface area (Å²) in [5, 5.41) is 12.0. The van der Waals surface area contributed by atoms with Crippen molar-refractivity contribution in [1.82, 2.24) is 10.2 Å². The summed E-state index contributed by atoms with van der Waals surface area (Å²) >= 11 is 0. The highest BCUT2D eigenvalue weighted by molar-refractivity contribution is 5.80. The lowest BCUT2D eigenvalue weighted by molar-refractivity contribution is -0.138. The maximum Gasteiger partial charge on any atom is 0.407 e. The highest BCUT2D eigenvalue weighted by Gasteiger charge is 2.35. The van der Waals surface area contributed by atoms with Gasteiger partial charge in [-0.1, -0.05) is 69.3 Å². The van der Waals surface area contributed by atoms with Gasteiger partial charge in [0.2, 0.25) is 5.91 Å². The fourth-order valence-corrected chi connectivity index (χ4v) is 5.29. The summed E-state index contributed by atoms with van der Waals surface area (Å²) in [5.41, 5.74) is 4.64. The van der Waals surface area contributed by atoms with E-state index in [2.05, 4.69) is 29.6 Å². The van der Waals surface area contributed by atoms with Gasteiger partial charge in [-0.15, -0.1) is 0 Å². The average Bonchev–Trinajstić information content (AvgIpc) is 3.34. The zero-order valence-corrected chi connectivity index (χ0v) is 20.6. The monoisotopic (exact) mass is 478 g/mol. The van der Waals surface area contributed by atoms with Gasteiger partial charge in [-0.25, -0.2) is 4.79 Å². The summed E-state index contributed by atoms with van der Waals surface area (Å²) in [6.45, 7) is 7.12. The first-order valence-electron chi connectivity index (χ1n) is 12.4. The number of hydrogen-bond acceptors (Lipinski definition) is 4. The van der Waals surface area contributed by atoms with E-state index < -0.39 is 12.1 Å². The van der Waals surface area contributed by atoms with Crippen molar-refractivity contribution < 1.29 is 24.2 Å². The molecule has 2 amide bonds. The van der Waals surface area contributed by atoms with Gasteiger partial charge in [0.1, 0.15) is 6.61 Å². The first-order valence-corrected chi connectivity index (χ1v) is 12.4. The third-order valence-corrected chi connectivity index (χ3v) is 7.40. The number of hydrogen-bond donors (Lipinski definition) is 2. The van der Waals surface area contributed by atoms with Crippen LogP contribution in [-0.2, 0) is 14.3 Å². The highest BCUT2D eigenvalue weighted by Crippen LogP contribution is 2.44. The van der Waals surface area contributed by atoms with Crippen molar-refractivity contribution in [2.24, 2.45) is 17.8 Å². The van der Waals surface area contributed by atoms with Crippen molar-refractivity contribution in [3.05, 3.63) is 59.7 Å². The Kier molecular flexibility index (Phi) is 7.43. The van der Waals surface area contributed by atoms with Gasteiger partial charge in [-0.3, -0.25) is 9.59 Å². The van der Waals surface area contributed by atoms with Crippen molar-refractivity contribution in [1.29, 1.82) is 0 Å². The van der Waals surface area contributed by atoms with E-state index in [0.29, 0.717) is 13.1 Å². The molecule has 0 spiro atoms. The number of likely N-dealkylation sites (tertiary alicyclic amines) is 1. The molecule has 7 heteroatoms. The van der Waals surface area contributed by atoms with Crippen LogP contribution in [0.3, 0.4) is 0 Å². The van der Waals surface area contributed by atoms with Gasteiger partial charge in [-0.2, -0.15) is 0 Å². The van der Waals surface area contributed by atoms with Crippen LogP contribution in [0.5, 0.6) is 0 Å². The molecule has 1 aliphatic heterocycles. The maximum absolute atomic E-state index is 12.9. The molecule has 1 heterocycles. The summed E-state index contributed by atoms with van der Waals surface area (Å²) in [5.74, 6) is -0.791. The van der Waals surface area contributed by atoms with Crippen LogP contribution < -0.4 is 5.32 Å². The second-order valence-corrected chi connectivity index (χ2v) is 10.2. The molecule has 2 aliphatic rings. The molecule has 2 aromatic rings. The van der Waals surface area contributed by atoms with Crippen LogP contribution in [0.4, 0.5) is 4.79 Å². The third-order valence-electron chi connectivity index (χ3n) is 7.40. The quantitative estimate of drug-likeness (QED) is 0.582. The molecule has 186 valence electrons. The third kappa shape index (κ3) is 5.50. The van der Waals surface area contributed by atoms with Gasteiger partial charge in [0.25, 0.3) is 0 Å². The molecule has 1 fully saturated rings. The Bertz CT molecular complexity index is 1050. The van der Waals surface area contributed by atoms with E-state index in [0.717, 1.165) is 11.1 Å². The predicted molar refractivity (Wildman–Crippen MR) is 133 cm³/mol. The van der Waals surface area contributed by atoms with E-state index in [1.165, 1.54) is 11.1 Å². The zero-order chi connectivity index (χ0) is 25.1. The van der Waals surface area contributed by atoms with E-state index in [9.17, 15) is 14.4 Å². The second kappa shape index (κ2) is 10.5. The number of rotatable bonds is 8. The number of nitrogens with one attached hydrogen (secondary N) is 1. The molecule has 3 atom stereocenters. The summed E-state index contributed by atoms with van der Waals surface area (Å²) in [4.78, 5) is 38.5. The standard InChI is InChI=1S/C28H34N2O5/c1-17(2)25(13-26(31)30-14-18(3)19(15-30)12-27(32)33)29-28(34)35-16-24-22-10-6-4-8-20(22)21-9-5-7-11-23(21)24/h4-11,17-19,24-25H,12-16H2,1-3H3,(H,29,34)(H,32,33). The van der Waals surface area contributed by atoms with Crippen LogP contribution in [-0.4, -0.2) is 53.7 Å². The van der Waals surface area contributed by atoms with Crippen LogP contribution in [0.1, 0.15) is 50.7 Å². The highest BCUT2D eigenvalue weighted by atomic mass is 16.5. The number of carboxylic acids is 1. The number of aliphatic carboxylic acids is 1. The molecule has 0 aromatic heterocycles. The van der Waals surface area contributed by atoms with Crippen LogP contribution in [0.2, 0.25) is 0 Å². The lowest BCUT2D eigenvalue weighted by Gasteiger charge is -2.25. The Morgan fingerprint density at radius 1 is 1.03 bits per heavy atom. The lowest BCUT2D eigenvalue weighted by Crippen LogP contribution is -2.43. The minimum atomic E-state index is -0.840. The van der Waals surface area contributed by atoms with Crippen LogP contribution in [0.15, 0.2) is 48.5 Å². The van der Waals surface area contributed by atoms with Gasteiger partial charge in [0, 0.05) is 31.5 Å². The minimum Gasteiger partial charge on any atom is -0.481 e. The molecule has 4 rings (SSSR count). The van der Waals surface area contributed by atoms with Crippen LogP contribution in [0.25, 0.3) is 11.1 Å². The minimum absolute atomic E-state index is 0.0236. The van der Waals surface area contributed by atoms with E-state index in [4.69, 9.17) is 9.84 Å². The number of amides is 2. The molecule has 35 heavy (non-hydrogen) atoms. The van der Waals surface area contributed by atoms with Crippen molar-refractivity contribution >= 4 is 18.0 Å². The van der Waals surface area contributed by atoms with Gasteiger partial charge >= 0.3 is 12.1 Å². The largest absolute Gasteiger partial charge is 0.481 e. The number of fused-ring (bicyclic) bond motifs is 3. The Balaban J connectivity index is 1.34. The topological polar surface area (TPSA) is 95.9 Å². The first-order chi connectivity index (χ1) is 16.7. The molecule has 1 aliphatic carbocycles. The summed E-state index contributed by atoms with van der Waals surface area (Å²) in [6, 6.07) is 16.0. The molecule has 2 aromatic carbocycles. The van der Waals surface area contributed by atoms with Gasteiger partial charge in [0.15, 0.2) is 0 Å².